The first-order valence-corrected chi connectivity index (χ1v) is 5.59. The van der Waals surface area contributed by atoms with Gasteiger partial charge in [-0.25, -0.2) is 4.79 Å². The van der Waals surface area contributed by atoms with Gasteiger partial charge in [0.05, 0.1) is 4.92 Å². The van der Waals surface area contributed by atoms with Crippen LogP contribution in [0.2, 0.25) is 0 Å². The monoisotopic (exact) mass is 252 g/mol. The lowest BCUT2D eigenvalue weighted by molar-refractivity contribution is -0.384. The smallest absolute Gasteiger partial charge is 0.326 e. The van der Waals surface area contributed by atoms with Crippen molar-refractivity contribution in [3.63, 3.8) is 0 Å². The van der Waals surface area contributed by atoms with Gasteiger partial charge in [0, 0.05) is 24.9 Å². The van der Waals surface area contributed by atoms with Crippen LogP contribution in [0.25, 0.3) is 0 Å². The Morgan fingerprint density at radius 3 is 2.56 bits per heavy atom. The number of non-ortho nitro benzene ring substituents is 1. The summed E-state index contributed by atoms with van der Waals surface area (Å²) >= 11 is 0. The highest BCUT2D eigenvalue weighted by molar-refractivity contribution is 5.78. The fraction of sp³-hybridized carbons (Fsp3) is 0.417. The Bertz CT molecular complexity index is 473. The van der Waals surface area contributed by atoms with E-state index < -0.39 is 16.9 Å². The third kappa shape index (κ3) is 2.77. The Balaban J connectivity index is 3.10. The van der Waals surface area contributed by atoms with Crippen LogP contribution in [-0.2, 0) is 4.79 Å². The SMILES string of the molecule is CCC(C(=O)O)N(C)c1ccc([N+](=O)[O-])cc1C. The van der Waals surface area contributed by atoms with Gasteiger partial charge in [0.1, 0.15) is 6.04 Å². The van der Waals surface area contributed by atoms with Crippen molar-refractivity contribution in [1.82, 2.24) is 0 Å². The Morgan fingerprint density at radius 2 is 2.17 bits per heavy atom. The second kappa shape index (κ2) is 5.48. The molecule has 0 spiro atoms. The Labute approximate surface area is 105 Å². The quantitative estimate of drug-likeness (QED) is 0.641. The third-order valence-corrected chi connectivity index (χ3v) is 2.91. The van der Waals surface area contributed by atoms with Gasteiger partial charge in [0.25, 0.3) is 5.69 Å². The predicted molar refractivity (Wildman–Crippen MR) is 68.0 cm³/mol. The van der Waals surface area contributed by atoms with Crippen LogP contribution < -0.4 is 4.90 Å². The molecule has 0 amide bonds. The average Bonchev–Trinajstić information content (AvgIpc) is 2.28. The predicted octanol–water partition coefficient (Wildman–Crippen LogP) is 2.20. The van der Waals surface area contributed by atoms with Gasteiger partial charge in [-0.05, 0) is 25.0 Å². The number of hydrogen-bond donors (Lipinski definition) is 1. The van der Waals surface area contributed by atoms with Crippen molar-refractivity contribution in [3.8, 4) is 0 Å². The molecule has 1 unspecified atom stereocenters. The number of hydrogen-bond acceptors (Lipinski definition) is 4. The maximum absolute atomic E-state index is 11.1. The highest BCUT2D eigenvalue weighted by Crippen LogP contribution is 2.25. The number of nitro benzene ring substituents is 1. The molecule has 0 aliphatic heterocycles. The Hall–Kier alpha value is -2.11. The summed E-state index contributed by atoms with van der Waals surface area (Å²) in [7, 11) is 1.68. The molecule has 6 heteroatoms. The molecule has 0 saturated carbocycles. The number of carboxylic acid groups (broad SMARTS) is 1. The summed E-state index contributed by atoms with van der Waals surface area (Å²) in [6.07, 6.45) is 0.461. The number of nitrogens with zero attached hydrogens (tertiary/aromatic N) is 2. The van der Waals surface area contributed by atoms with Crippen molar-refractivity contribution in [3.05, 3.63) is 33.9 Å². The first kappa shape index (κ1) is 14.0. The summed E-state index contributed by atoms with van der Waals surface area (Å²) in [6.45, 7) is 3.52. The van der Waals surface area contributed by atoms with E-state index in [-0.39, 0.29) is 5.69 Å². The van der Waals surface area contributed by atoms with E-state index in [0.29, 0.717) is 17.7 Å². The minimum atomic E-state index is -0.905. The molecule has 0 heterocycles. The molecule has 18 heavy (non-hydrogen) atoms. The van der Waals surface area contributed by atoms with Crippen molar-refractivity contribution in [2.45, 2.75) is 26.3 Å². The minimum Gasteiger partial charge on any atom is -0.480 e. The second-order valence-electron chi connectivity index (χ2n) is 4.10. The van der Waals surface area contributed by atoms with Crippen LogP contribution in [0.5, 0.6) is 0 Å². The largest absolute Gasteiger partial charge is 0.480 e. The molecule has 98 valence electrons. The average molecular weight is 252 g/mol. The van der Waals surface area contributed by atoms with E-state index in [1.807, 2.05) is 0 Å². The number of anilines is 1. The van der Waals surface area contributed by atoms with Gasteiger partial charge in [0.15, 0.2) is 0 Å². The highest BCUT2D eigenvalue weighted by Gasteiger charge is 2.22. The van der Waals surface area contributed by atoms with Crippen LogP contribution in [0.4, 0.5) is 11.4 Å². The molecule has 1 N–H and O–H groups in total. The van der Waals surface area contributed by atoms with E-state index in [2.05, 4.69) is 0 Å². The van der Waals surface area contributed by atoms with Crippen molar-refractivity contribution in [1.29, 1.82) is 0 Å². The minimum absolute atomic E-state index is 0.00743. The summed E-state index contributed by atoms with van der Waals surface area (Å²) in [4.78, 5) is 22.9. The first-order chi connectivity index (χ1) is 8.38. The molecule has 0 aliphatic rings. The van der Waals surface area contributed by atoms with E-state index in [9.17, 15) is 14.9 Å². The number of carboxylic acids is 1. The molecule has 0 aliphatic carbocycles. The van der Waals surface area contributed by atoms with Crippen LogP contribution in [0.15, 0.2) is 18.2 Å². The standard InChI is InChI=1S/C12H16N2O4/c1-4-10(12(15)16)13(3)11-6-5-9(14(17)18)7-8(11)2/h5-7,10H,4H2,1-3H3,(H,15,16). The van der Waals surface area contributed by atoms with Gasteiger partial charge < -0.3 is 10.0 Å². The Morgan fingerprint density at radius 1 is 1.56 bits per heavy atom. The molecule has 1 aromatic carbocycles. The van der Waals surface area contributed by atoms with E-state index >= 15 is 0 Å². The molecule has 0 fully saturated rings. The van der Waals surface area contributed by atoms with Crippen LogP contribution >= 0.6 is 0 Å². The lowest BCUT2D eigenvalue weighted by Gasteiger charge is -2.27. The van der Waals surface area contributed by atoms with Gasteiger partial charge in [-0.15, -0.1) is 0 Å². The van der Waals surface area contributed by atoms with Crippen molar-refractivity contribution < 1.29 is 14.8 Å². The zero-order valence-electron chi connectivity index (χ0n) is 10.6. The molecule has 0 radical (unpaired) electrons. The van der Waals surface area contributed by atoms with Crippen molar-refractivity contribution in [2.75, 3.05) is 11.9 Å². The lowest BCUT2D eigenvalue weighted by Crippen LogP contribution is -2.38. The summed E-state index contributed by atoms with van der Waals surface area (Å²) in [5, 5.41) is 19.7. The zero-order chi connectivity index (χ0) is 13.9. The molecule has 1 rings (SSSR count). The van der Waals surface area contributed by atoms with Crippen molar-refractivity contribution in [2.24, 2.45) is 0 Å². The zero-order valence-corrected chi connectivity index (χ0v) is 10.6. The summed E-state index contributed by atoms with van der Waals surface area (Å²) in [5.41, 5.74) is 1.38. The van der Waals surface area contributed by atoms with E-state index in [1.54, 1.807) is 31.9 Å². The van der Waals surface area contributed by atoms with Gasteiger partial charge >= 0.3 is 5.97 Å². The van der Waals surface area contributed by atoms with Crippen LogP contribution in [0, 0.1) is 17.0 Å². The molecule has 0 saturated heterocycles. The number of aryl methyl sites for hydroxylation is 1. The maximum atomic E-state index is 11.1. The van der Waals surface area contributed by atoms with Gasteiger partial charge in [-0.2, -0.15) is 0 Å². The van der Waals surface area contributed by atoms with Crippen LogP contribution in [0.1, 0.15) is 18.9 Å². The van der Waals surface area contributed by atoms with Crippen LogP contribution in [0.3, 0.4) is 0 Å². The summed E-state index contributed by atoms with van der Waals surface area (Å²) < 4.78 is 0. The maximum Gasteiger partial charge on any atom is 0.326 e. The van der Waals surface area contributed by atoms with E-state index in [0.717, 1.165) is 0 Å². The number of carbonyl (C=O) groups is 1. The molecule has 0 aromatic heterocycles. The lowest BCUT2D eigenvalue weighted by atomic mass is 10.1. The van der Waals surface area contributed by atoms with Gasteiger partial charge in [-0.3, -0.25) is 10.1 Å². The molecular weight excluding hydrogens is 236 g/mol. The molecule has 6 nitrogen and oxygen atoms in total. The number of benzene rings is 1. The molecule has 1 atom stereocenters. The summed E-state index contributed by atoms with van der Waals surface area (Å²) in [6, 6.07) is 3.78. The molecular formula is C12H16N2O4. The number of nitro groups is 1. The normalized spacial score (nSPS) is 11.9. The first-order valence-electron chi connectivity index (χ1n) is 5.59. The van der Waals surface area contributed by atoms with Gasteiger partial charge in [-0.1, -0.05) is 6.92 Å². The second-order valence-corrected chi connectivity index (χ2v) is 4.10. The fourth-order valence-corrected chi connectivity index (χ4v) is 1.93. The van der Waals surface area contributed by atoms with Crippen molar-refractivity contribution >= 4 is 17.3 Å². The Kier molecular flexibility index (Phi) is 4.25. The highest BCUT2D eigenvalue weighted by atomic mass is 16.6. The molecule has 0 bridgehead atoms. The number of likely N-dealkylation sites (N-methyl/N-ethyl adjacent to an activating group) is 1. The van der Waals surface area contributed by atoms with E-state index in [4.69, 9.17) is 5.11 Å². The number of aliphatic carboxylic acids is 1. The summed E-state index contributed by atoms with van der Waals surface area (Å²) in [5.74, 6) is -0.905. The third-order valence-electron chi connectivity index (χ3n) is 2.91. The topological polar surface area (TPSA) is 83.7 Å². The fourth-order valence-electron chi connectivity index (χ4n) is 1.93. The van der Waals surface area contributed by atoms with Crippen LogP contribution in [-0.4, -0.2) is 29.1 Å². The van der Waals surface area contributed by atoms with Gasteiger partial charge in [0.2, 0.25) is 0 Å². The molecule has 1 aromatic rings. The van der Waals surface area contributed by atoms with E-state index in [1.165, 1.54) is 12.1 Å². The number of rotatable bonds is 5.